The zero-order chi connectivity index (χ0) is 15.5. The number of nitrogens with two attached hydrogens (primary N) is 1. The predicted molar refractivity (Wildman–Crippen MR) is 93.1 cm³/mol. The minimum absolute atomic E-state index is 0.0481. The lowest BCUT2D eigenvalue weighted by molar-refractivity contribution is 0.0747. The van der Waals surface area contributed by atoms with E-state index in [0.29, 0.717) is 11.3 Å². The molecule has 2 aromatic rings. The zero-order valence-corrected chi connectivity index (χ0v) is 13.8. The Hall–Kier alpha value is -2.01. The van der Waals surface area contributed by atoms with E-state index in [1.165, 1.54) is 5.69 Å². The van der Waals surface area contributed by atoms with E-state index < -0.39 is 0 Å². The van der Waals surface area contributed by atoms with Gasteiger partial charge in [0.1, 0.15) is 0 Å². The maximum Gasteiger partial charge on any atom is 0.254 e. The van der Waals surface area contributed by atoms with Crippen LogP contribution in [0.15, 0.2) is 53.0 Å². The molecule has 0 unspecified atom stereocenters. The van der Waals surface area contributed by atoms with E-state index in [4.69, 9.17) is 5.73 Å². The monoisotopic (exact) mass is 359 g/mol. The normalized spacial score (nSPS) is 15.0. The van der Waals surface area contributed by atoms with Crippen molar-refractivity contribution in [3.05, 3.63) is 58.6 Å². The highest BCUT2D eigenvalue weighted by molar-refractivity contribution is 9.10. The summed E-state index contributed by atoms with van der Waals surface area (Å²) < 4.78 is 0.818. The number of halogens is 1. The third kappa shape index (κ3) is 3.09. The predicted octanol–water partition coefficient (Wildman–Crippen LogP) is 2.99. The molecular formula is C17H18BrN3O. The maximum atomic E-state index is 12.5. The minimum Gasteiger partial charge on any atom is -0.398 e. The lowest BCUT2D eigenvalue weighted by atomic mass is 10.1. The summed E-state index contributed by atoms with van der Waals surface area (Å²) in [4.78, 5) is 16.7. The standard InChI is InChI=1S/C17H18BrN3O/c18-15-7-6-13(12-16(15)19)17(22)21-10-8-20(9-11-21)14-4-2-1-3-5-14/h1-7,12H,8-11,19H2. The van der Waals surface area contributed by atoms with Crippen LogP contribution in [-0.2, 0) is 0 Å². The van der Waals surface area contributed by atoms with Crippen LogP contribution in [0.5, 0.6) is 0 Å². The molecule has 1 heterocycles. The van der Waals surface area contributed by atoms with Gasteiger partial charge in [-0.1, -0.05) is 18.2 Å². The Kier molecular flexibility index (Phi) is 4.34. The highest BCUT2D eigenvalue weighted by Gasteiger charge is 2.22. The van der Waals surface area contributed by atoms with Crippen LogP contribution in [0, 0.1) is 0 Å². The first kappa shape index (κ1) is 14.9. The Labute approximate surface area is 138 Å². The fourth-order valence-corrected chi connectivity index (χ4v) is 2.91. The van der Waals surface area contributed by atoms with Crippen molar-refractivity contribution in [3.8, 4) is 0 Å². The van der Waals surface area contributed by atoms with Crippen molar-refractivity contribution in [2.75, 3.05) is 36.8 Å². The summed E-state index contributed by atoms with van der Waals surface area (Å²) in [6, 6.07) is 15.7. The molecular weight excluding hydrogens is 342 g/mol. The number of hydrogen-bond donors (Lipinski definition) is 1. The van der Waals surface area contributed by atoms with Crippen LogP contribution in [-0.4, -0.2) is 37.0 Å². The van der Waals surface area contributed by atoms with Crippen molar-refractivity contribution in [1.82, 2.24) is 4.90 Å². The van der Waals surface area contributed by atoms with Gasteiger partial charge in [-0.3, -0.25) is 4.79 Å². The first-order chi connectivity index (χ1) is 10.6. The second-order valence-electron chi connectivity index (χ2n) is 5.35. The number of carbonyl (C=O) groups is 1. The molecule has 1 amide bonds. The van der Waals surface area contributed by atoms with Crippen LogP contribution in [0.1, 0.15) is 10.4 Å². The molecule has 0 atom stereocenters. The van der Waals surface area contributed by atoms with Crippen molar-refractivity contribution in [2.24, 2.45) is 0 Å². The molecule has 22 heavy (non-hydrogen) atoms. The van der Waals surface area contributed by atoms with Gasteiger partial charge in [0.05, 0.1) is 0 Å². The molecule has 0 saturated carbocycles. The average molecular weight is 360 g/mol. The van der Waals surface area contributed by atoms with Crippen LogP contribution in [0.2, 0.25) is 0 Å². The highest BCUT2D eigenvalue weighted by Crippen LogP contribution is 2.22. The second kappa shape index (κ2) is 6.40. The Morgan fingerprint density at radius 3 is 2.32 bits per heavy atom. The molecule has 3 rings (SSSR count). The van der Waals surface area contributed by atoms with E-state index in [9.17, 15) is 4.79 Å². The number of nitrogen functional groups attached to an aromatic ring is 1. The van der Waals surface area contributed by atoms with Gasteiger partial charge in [0.25, 0.3) is 5.91 Å². The Morgan fingerprint density at radius 1 is 1.00 bits per heavy atom. The van der Waals surface area contributed by atoms with Crippen molar-refractivity contribution in [2.45, 2.75) is 0 Å². The summed E-state index contributed by atoms with van der Waals surface area (Å²) in [6.07, 6.45) is 0. The molecule has 0 radical (unpaired) electrons. The van der Waals surface area contributed by atoms with Crippen molar-refractivity contribution in [1.29, 1.82) is 0 Å². The van der Waals surface area contributed by atoms with Crippen molar-refractivity contribution >= 4 is 33.2 Å². The number of hydrogen-bond acceptors (Lipinski definition) is 3. The van der Waals surface area contributed by atoms with E-state index in [0.717, 1.165) is 30.7 Å². The maximum absolute atomic E-state index is 12.5. The summed E-state index contributed by atoms with van der Waals surface area (Å²) in [6.45, 7) is 3.15. The Morgan fingerprint density at radius 2 is 1.68 bits per heavy atom. The van der Waals surface area contributed by atoms with Gasteiger partial charge in [-0.15, -0.1) is 0 Å². The van der Waals surface area contributed by atoms with E-state index >= 15 is 0 Å². The smallest absolute Gasteiger partial charge is 0.254 e. The topological polar surface area (TPSA) is 49.6 Å². The van der Waals surface area contributed by atoms with Gasteiger partial charge >= 0.3 is 0 Å². The fourth-order valence-electron chi connectivity index (χ4n) is 2.67. The van der Waals surface area contributed by atoms with Gasteiger partial charge in [0, 0.05) is 47.6 Å². The highest BCUT2D eigenvalue weighted by atomic mass is 79.9. The van der Waals surface area contributed by atoms with E-state index in [2.05, 4.69) is 33.0 Å². The number of piperazine rings is 1. The van der Waals surface area contributed by atoms with Gasteiger partial charge in [-0.05, 0) is 46.3 Å². The molecule has 1 saturated heterocycles. The van der Waals surface area contributed by atoms with Gasteiger partial charge in [0.15, 0.2) is 0 Å². The number of carbonyl (C=O) groups excluding carboxylic acids is 1. The summed E-state index contributed by atoms with van der Waals surface area (Å²) in [5.74, 6) is 0.0481. The Balaban J connectivity index is 1.66. The van der Waals surface area contributed by atoms with Crippen molar-refractivity contribution in [3.63, 3.8) is 0 Å². The molecule has 2 aromatic carbocycles. The molecule has 0 aromatic heterocycles. The number of benzene rings is 2. The summed E-state index contributed by atoms with van der Waals surface area (Å²) in [7, 11) is 0. The van der Waals surface area contributed by atoms with Crippen LogP contribution < -0.4 is 10.6 Å². The van der Waals surface area contributed by atoms with E-state index in [1.54, 1.807) is 6.07 Å². The second-order valence-corrected chi connectivity index (χ2v) is 6.21. The van der Waals surface area contributed by atoms with Crippen LogP contribution >= 0.6 is 15.9 Å². The lowest BCUT2D eigenvalue weighted by Gasteiger charge is -2.36. The van der Waals surface area contributed by atoms with Gasteiger partial charge in [-0.25, -0.2) is 0 Å². The molecule has 0 aliphatic carbocycles. The molecule has 1 fully saturated rings. The fraction of sp³-hybridized carbons (Fsp3) is 0.235. The SMILES string of the molecule is Nc1cc(C(=O)N2CCN(c3ccccc3)CC2)ccc1Br. The number of amides is 1. The van der Waals surface area contributed by atoms with Crippen molar-refractivity contribution < 1.29 is 4.79 Å². The van der Waals surface area contributed by atoms with Gasteiger partial charge in [-0.2, -0.15) is 0 Å². The van der Waals surface area contributed by atoms with E-state index in [-0.39, 0.29) is 5.91 Å². The summed E-state index contributed by atoms with van der Waals surface area (Å²) in [5.41, 5.74) is 8.31. The lowest BCUT2D eigenvalue weighted by Crippen LogP contribution is -2.48. The van der Waals surface area contributed by atoms with Crippen LogP contribution in [0.25, 0.3) is 0 Å². The number of anilines is 2. The zero-order valence-electron chi connectivity index (χ0n) is 12.2. The first-order valence-electron chi connectivity index (χ1n) is 7.29. The molecule has 1 aliphatic rings. The minimum atomic E-state index is 0.0481. The molecule has 5 heteroatoms. The largest absolute Gasteiger partial charge is 0.398 e. The summed E-state index contributed by atoms with van der Waals surface area (Å²) >= 11 is 3.35. The quantitative estimate of drug-likeness (QED) is 0.838. The summed E-state index contributed by atoms with van der Waals surface area (Å²) in [5, 5.41) is 0. The average Bonchev–Trinajstić information content (AvgIpc) is 2.58. The van der Waals surface area contributed by atoms with Gasteiger partial charge in [0.2, 0.25) is 0 Å². The number of rotatable bonds is 2. The van der Waals surface area contributed by atoms with Crippen LogP contribution in [0.4, 0.5) is 11.4 Å². The number of nitrogens with zero attached hydrogens (tertiary/aromatic N) is 2. The molecule has 4 nitrogen and oxygen atoms in total. The molecule has 2 N–H and O–H groups in total. The van der Waals surface area contributed by atoms with Crippen LogP contribution in [0.3, 0.4) is 0 Å². The third-order valence-electron chi connectivity index (χ3n) is 3.93. The van der Waals surface area contributed by atoms with E-state index in [1.807, 2.05) is 35.2 Å². The molecule has 114 valence electrons. The number of para-hydroxylation sites is 1. The molecule has 0 bridgehead atoms. The molecule has 1 aliphatic heterocycles. The third-order valence-corrected chi connectivity index (χ3v) is 4.65. The van der Waals surface area contributed by atoms with Gasteiger partial charge < -0.3 is 15.5 Å². The molecule has 0 spiro atoms. The Bertz CT molecular complexity index is 667. The first-order valence-corrected chi connectivity index (χ1v) is 8.09.